The van der Waals surface area contributed by atoms with Gasteiger partial charge in [-0.15, -0.1) is 12.4 Å². The van der Waals surface area contributed by atoms with Gasteiger partial charge in [0.15, 0.2) is 0 Å². The van der Waals surface area contributed by atoms with Crippen molar-refractivity contribution in [3.05, 3.63) is 22.9 Å². The highest BCUT2D eigenvalue weighted by molar-refractivity contribution is 9.10. The van der Waals surface area contributed by atoms with Gasteiger partial charge in [-0.2, -0.15) is 4.31 Å². The highest BCUT2D eigenvalue weighted by Gasteiger charge is 2.28. The Balaban J connectivity index is 0.00000162. The van der Waals surface area contributed by atoms with Crippen LogP contribution in [0.5, 0.6) is 0 Å². The third-order valence-corrected chi connectivity index (χ3v) is 4.91. The molecule has 0 amide bonds. The third kappa shape index (κ3) is 3.42. The van der Waals surface area contributed by atoms with Crippen LogP contribution in [0.25, 0.3) is 0 Å². The predicted octanol–water partition coefficient (Wildman–Crippen LogP) is 1.25. The molecule has 0 aliphatic carbocycles. The van der Waals surface area contributed by atoms with E-state index in [1.807, 2.05) is 6.92 Å². The molecule has 2 rings (SSSR count). The quantitative estimate of drug-likeness (QED) is 0.866. The molecule has 0 spiro atoms. The average Bonchev–Trinajstić information content (AvgIpc) is 2.29. The number of aromatic nitrogens is 1. The maximum Gasteiger partial charge on any atom is 0.244 e. The number of sulfonamides is 1. The van der Waals surface area contributed by atoms with Crippen LogP contribution in [0.15, 0.2) is 27.8 Å². The minimum Gasteiger partial charge on any atom is -0.312 e. The van der Waals surface area contributed by atoms with Crippen molar-refractivity contribution in [2.24, 2.45) is 0 Å². The first-order chi connectivity index (χ1) is 8.00. The molecule has 18 heavy (non-hydrogen) atoms. The van der Waals surface area contributed by atoms with E-state index in [4.69, 9.17) is 0 Å². The molecule has 0 saturated carbocycles. The van der Waals surface area contributed by atoms with Gasteiger partial charge in [0, 0.05) is 42.5 Å². The molecule has 1 aromatic heterocycles. The summed E-state index contributed by atoms with van der Waals surface area (Å²) in [7, 11) is -3.42. The summed E-state index contributed by atoms with van der Waals surface area (Å²) >= 11 is 3.23. The van der Waals surface area contributed by atoms with Crippen molar-refractivity contribution >= 4 is 38.4 Å². The first-order valence-corrected chi connectivity index (χ1v) is 7.57. The van der Waals surface area contributed by atoms with Gasteiger partial charge >= 0.3 is 0 Å². The predicted molar refractivity (Wildman–Crippen MR) is 75.4 cm³/mol. The minimum absolute atomic E-state index is 0. The molecule has 1 saturated heterocycles. The number of piperazine rings is 1. The normalized spacial score (nSPS) is 21.3. The topological polar surface area (TPSA) is 62.3 Å². The van der Waals surface area contributed by atoms with Crippen molar-refractivity contribution in [1.82, 2.24) is 14.6 Å². The second-order valence-corrected chi connectivity index (χ2v) is 6.91. The average molecular weight is 357 g/mol. The number of hydrogen-bond donors (Lipinski definition) is 1. The van der Waals surface area contributed by atoms with Crippen molar-refractivity contribution in [2.45, 2.75) is 17.9 Å². The molecule has 102 valence electrons. The van der Waals surface area contributed by atoms with Gasteiger partial charge in [0.2, 0.25) is 10.0 Å². The molecular weight excluding hydrogens is 342 g/mol. The SMILES string of the molecule is CC1CN(S(=O)(=O)c2cncc(Br)c2)CCN1.Cl. The summed E-state index contributed by atoms with van der Waals surface area (Å²) in [6.45, 7) is 3.65. The lowest BCUT2D eigenvalue weighted by molar-refractivity contribution is 0.310. The van der Waals surface area contributed by atoms with E-state index in [-0.39, 0.29) is 23.3 Å². The molecule has 2 heterocycles. The van der Waals surface area contributed by atoms with Crippen LogP contribution in [-0.2, 0) is 10.0 Å². The Labute approximate surface area is 122 Å². The van der Waals surface area contributed by atoms with Crippen LogP contribution in [0, 0.1) is 0 Å². The minimum atomic E-state index is -3.42. The molecule has 0 bridgehead atoms. The van der Waals surface area contributed by atoms with Gasteiger partial charge in [-0.3, -0.25) is 4.98 Å². The standard InChI is InChI=1S/C10H14BrN3O2S.ClH/c1-8-7-14(3-2-13-8)17(15,16)10-4-9(11)5-12-6-10;/h4-6,8,13H,2-3,7H2,1H3;1H. The van der Waals surface area contributed by atoms with Gasteiger partial charge in [-0.25, -0.2) is 8.42 Å². The van der Waals surface area contributed by atoms with Crippen molar-refractivity contribution in [3.63, 3.8) is 0 Å². The van der Waals surface area contributed by atoms with Crippen molar-refractivity contribution in [3.8, 4) is 0 Å². The molecule has 1 aliphatic rings. The summed E-state index contributed by atoms with van der Waals surface area (Å²) in [5.74, 6) is 0. The van der Waals surface area contributed by atoms with Gasteiger partial charge in [-0.1, -0.05) is 0 Å². The lowest BCUT2D eigenvalue weighted by atomic mass is 10.3. The van der Waals surface area contributed by atoms with Crippen LogP contribution in [-0.4, -0.2) is 43.4 Å². The summed E-state index contributed by atoms with van der Waals surface area (Å²) in [6, 6.07) is 1.76. The highest BCUT2D eigenvalue weighted by Crippen LogP contribution is 2.19. The van der Waals surface area contributed by atoms with Gasteiger partial charge in [0.25, 0.3) is 0 Å². The summed E-state index contributed by atoms with van der Waals surface area (Å²) in [4.78, 5) is 4.13. The second-order valence-electron chi connectivity index (χ2n) is 4.06. The summed E-state index contributed by atoms with van der Waals surface area (Å²) in [5.41, 5.74) is 0. The Hall–Kier alpha value is -0.210. The van der Waals surface area contributed by atoms with Gasteiger partial charge < -0.3 is 5.32 Å². The monoisotopic (exact) mass is 355 g/mol. The Morgan fingerprint density at radius 3 is 2.83 bits per heavy atom. The molecule has 1 atom stereocenters. The van der Waals surface area contributed by atoms with Crippen LogP contribution in [0.3, 0.4) is 0 Å². The van der Waals surface area contributed by atoms with Gasteiger partial charge in [0.05, 0.1) is 0 Å². The first-order valence-electron chi connectivity index (χ1n) is 5.34. The zero-order valence-corrected chi connectivity index (χ0v) is 13.1. The van der Waals surface area contributed by atoms with Crippen LogP contribution in [0.1, 0.15) is 6.92 Å². The maximum absolute atomic E-state index is 12.3. The van der Waals surface area contributed by atoms with E-state index < -0.39 is 10.0 Å². The van der Waals surface area contributed by atoms with E-state index in [1.54, 1.807) is 12.3 Å². The number of hydrogen-bond acceptors (Lipinski definition) is 4. The molecule has 5 nitrogen and oxygen atoms in total. The van der Waals surface area contributed by atoms with Crippen molar-refractivity contribution < 1.29 is 8.42 Å². The number of nitrogens with one attached hydrogen (secondary N) is 1. The Bertz CT molecular complexity index is 512. The fraction of sp³-hybridized carbons (Fsp3) is 0.500. The van der Waals surface area contributed by atoms with Crippen molar-refractivity contribution in [2.75, 3.05) is 19.6 Å². The summed E-state index contributed by atoms with van der Waals surface area (Å²) in [5, 5.41) is 3.22. The number of halogens is 2. The maximum atomic E-state index is 12.3. The molecule has 1 fully saturated rings. The Kier molecular flexibility index (Phi) is 5.54. The molecule has 8 heteroatoms. The Morgan fingerprint density at radius 2 is 2.22 bits per heavy atom. The lowest BCUT2D eigenvalue weighted by Crippen LogP contribution is -2.51. The second kappa shape index (κ2) is 6.29. The van der Waals surface area contributed by atoms with E-state index in [0.29, 0.717) is 24.1 Å². The van der Waals surface area contributed by atoms with Crippen molar-refractivity contribution in [1.29, 1.82) is 0 Å². The first kappa shape index (κ1) is 15.8. The molecule has 1 aliphatic heterocycles. The molecule has 0 radical (unpaired) electrons. The number of rotatable bonds is 2. The van der Waals surface area contributed by atoms with Crippen LogP contribution < -0.4 is 5.32 Å². The molecule has 1 aromatic rings. The summed E-state index contributed by atoms with van der Waals surface area (Å²) in [6.07, 6.45) is 2.95. The van der Waals surface area contributed by atoms with E-state index in [1.165, 1.54) is 10.5 Å². The number of pyridine rings is 1. The molecule has 1 unspecified atom stereocenters. The fourth-order valence-corrected chi connectivity index (χ4v) is 3.83. The summed E-state index contributed by atoms with van der Waals surface area (Å²) < 4.78 is 26.8. The van der Waals surface area contributed by atoms with E-state index in [2.05, 4.69) is 26.2 Å². The zero-order valence-electron chi connectivity index (χ0n) is 9.84. The Morgan fingerprint density at radius 1 is 1.50 bits per heavy atom. The lowest BCUT2D eigenvalue weighted by Gasteiger charge is -2.30. The van der Waals surface area contributed by atoms with Crippen LogP contribution in [0.4, 0.5) is 0 Å². The third-order valence-electron chi connectivity index (χ3n) is 2.65. The van der Waals surface area contributed by atoms with Crippen LogP contribution in [0.2, 0.25) is 0 Å². The smallest absolute Gasteiger partial charge is 0.244 e. The largest absolute Gasteiger partial charge is 0.312 e. The fourth-order valence-electron chi connectivity index (χ4n) is 1.80. The van der Waals surface area contributed by atoms with E-state index >= 15 is 0 Å². The zero-order chi connectivity index (χ0) is 12.5. The molecule has 1 N–H and O–H groups in total. The van der Waals surface area contributed by atoms with Gasteiger partial charge in [-0.05, 0) is 28.9 Å². The van der Waals surface area contributed by atoms with E-state index in [9.17, 15) is 8.42 Å². The molecule has 0 aromatic carbocycles. The van der Waals surface area contributed by atoms with Gasteiger partial charge in [0.1, 0.15) is 4.90 Å². The van der Waals surface area contributed by atoms with E-state index in [0.717, 1.165) is 0 Å². The molecular formula is C10H15BrClN3O2S. The highest BCUT2D eigenvalue weighted by atomic mass is 79.9. The van der Waals surface area contributed by atoms with Crippen LogP contribution >= 0.6 is 28.3 Å². The number of nitrogens with zero attached hydrogens (tertiary/aromatic N) is 2.